The molecule has 20 heavy (non-hydrogen) atoms. The predicted molar refractivity (Wildman–Crippen MR) is 83.1 cm³/mol. The van der Waals surface area contributed by atoms with Gasteiger partial charge in [0.05, 0.1) is 0 Å². The first kappa shape index (κ1) is 15.2. The molecule has 2 rings (SSSR count). The van der Waals surface area contributed by atoms with E-state index in [0.717, 1.165) is 31.6 Å². The normalized spacial score (nSPS) is 21.1. The number of hydrogen-bond acceptors (Lipinski definition) is 3. The molecule has 0 aliphatic carbocycles. The Morgan fingerprint density at radius 1 is 1.15 bits per heavy atom. The van der Waals surface area contributed by atoms with Crippen LogP contribution in [0.15, 0.2) is 24.3 Å². The van der Waals surface area contributed by atoms with Crippen LogP contribution in [0.1, 0.15) is 24.5 Å². The molecule has 1 aromatic carbocycles. The number of hydrogen-bond donors (Lipinski definition) is 0. The van der Waals surface area contributed by atoms with E-state index in [1.165, 1.54) is 5.56 Å². The molecule has 1 atom stereocenters. The first-order valence-electron chi connectivity index (χ1n) is 7.56. The van der Waals surface area contributed by atoms with Gasteiger partial charge in [0, 0.05) is 38.5 Å². The highest BCUT2D eigenvalue weighted by atomic mass is 16.1. The van der Waals surface area contributed by atoms with Crippen LogP contribution >= 0.6 is 0 Å². The third-order valence-electron chi connectivity index (χ3n) is 4.28. The fourth-order valence-electron chi connectivity index (χ4n) is 2.78. The summed E-state index contributed by atoms with van der Waals surface area (Å²) >= 11 is 0. The Bertz CT molecular complexity index is 441. The molecule has 1 aromatic rings. The second-order valence-corrected chi connectivity index (χ2v) is 5.99. The van der Waals surface area contributed by atoms with E-state index in [1.54, 1.807) is 0 Å². The number of carbonyl (C=O) groups is 1. The van der Waals surface area contributed by atoms with Gasteiger partial charge in [0.1, 0.15) is 5.78 Å². The molecule has 0 bridgehead atoms. The topological polar surface area (TPSA) is 23.6 Å². The Labute approximate surface area is 122 Å². The molecule has 110 valence electrons. The fourth-order valence-corrected chi connectivity index (χ4v) is 2.78. The molecule has 3 heteroatoms. The van der Waals surface area contributed by atoms with Crippen LogP contribution in [0.5, 0.6) is 0 Å². The van der Waals surface area contributed by atoms with E-state index >= 15 is 0 Å². The largest absolute Gasteiger partial charge is 0.304 e. The molecular weight excluding hydrogens is 248 g/mol. The summed E-state index contributed by atoms with van der Waals surface area (Å²) in [6.07, 6.45) is 2.28. The highest BCUT2D eigenvalue weighted by Gasteiger charge is 2.24. The van der Waals surface area contributed by atoms with Crippen LogP contribution in [-0.2, 0) is 17.6 Å². The predicted octanol–water partition coefficient (Wildman–Crippen LogP) is 2.00. The molecule has 0 saturated carbocycles. The van der Waals surface area contributed by atoms with Crippen LogP contribution in [-0.4, -0.2) is 55.4 Å². The minimum atomic E-state index is 0.349. The van der Waals surface area contributed by atoms with Gasteiger partial charge >= 0.3 is 0 Å². The molecule has 0 N–H and O–H groups in total. The van der Waals surface area contributed by atoms with Crippen molar-refractivity contribution in [2.75, 3.05) is 33.7 Å². The van der Waals surface area contributed by atoms with Crippen molar-refractivity contribution >= 4 is 5.78 Å². The SMILES string of the molecule is CCc1ccc(CC(=O)CC2CN(C)CCN2C)cc1. The van der Waals surface area contributed by atoms with Crippen LogP contribution in [0.3, 0.4) is 0 Å². The summed E-state index contributed by atoms with van der Waals surface area (Å²) in [7, 11) is 4.26. The molecule has 1 heterocycles. The number of Topliss-reactive ketones (excluding diaryl/α,β-unsaturated/α-hetero) is 1. The number of ketones is 1. The second kappa shape index (κ2) is 7.00. The first-order chi connectivity index (χ1) is 9.58. The Morgan fingerprint density at radius 3 is 2.45 bits per heavy atom. The zero-order valence-electron chi connectivity index (χ0n) is 12.9. The van der Waals surface area contributed by atoms with Crippen molar-refractivity contribution in [3.63, 3.8) is 0 Å². The number of likely N-dealkylation sites (N-methyl/N-ethyl adjacent to an activating group) is 2. The molecule has 1 aliphatic rings. The Kier molecular flexibility index (Phi) is 5.32. The number of carbonyl (C=O) groups excluding carboxylic acids is 1. The summed E-state index contributed by atoms with van der Waals surface area (Å²) in [5.74, 6) is 0.349. The Morgan fingerprint density at radius 2 is 1.80 bits per heavy atom. The highest BCUT2D eigenvalue weighted by Crippen LogP contribution is 2.13. The number of nitrogens with zero attached hydrogens (tertiary/aromatic N) is 2. The average molecular weight is 274 g/mol. The van der Waals surface area contributed by atoms with Gasteiger partial charge in [-0.2, -0.15) is 0 Å². The van der Waals surface area contributed by atoms with Crippen molar-refractivity contribution in [2.45, 2.75) is 32.2 Å². The molecule has 1 unspecified atom stereocenters. The summed E-state index contributed by atoms with van der Waals surface area (Å²) in [6.45, 7) is 5.30. The summed E-state index contributed by atoms with van der Waals surface area (Å²) < 4.78 is 0. The molecule has 0 amide bonds. The van der Waals surface area contributed by atoms with Gasteiger partial charge in [0.15, 0.2) is 0 Å². The molecule has 3 nitrogen and oxygen atoms in total. The summed E-state index contributed by atoms with van der Waals surface area (Å²) in [4.78, 5) is 16.9. The van der Waals surface area contributed by atoms with Gasteiger partial charge in [-0.25, -0.2) is 0 Å². The summed E-state index contributed by atoms with van der Waals surface area (Å²) in [5, 5.41) is 0. The van der Waals surface area contributed by atoms with Crippen LogP contribution in [0.2, 0.25) is 0 Å². The number of aryl methyl sites for hydroxylation is 1. The van der Waals surface area contributed by atoms with Gasteiger partial charge in [0.25, 0.3) is 0 Å². The number of benzene rings is 1. The Balaban J connectivity index is 1.87. The van der Waals surface area contributed by atoms with Crippen molar-refractivity contribution in [2.24, 2.45) is 0 Å². The van der Waals surface area contributed by atoms with E-state index in [9.17, 15) is 4.79 Å². The fraction of sp³-hybridized carbons (Fsp3) is 0.588. The number of rotatable bonds is 5. The summed E-state index contributed by atoms with van der Waals surface area (Å²) in [5.41, 5.74) is 2.47. The van der Waals surface area contributed by atoms with Gasteiger partial charge in [0.2, 0.25) is 0 Å². The standard InChI is InChI=1S/C17H26N2O/c1-4-14-5-7-15(8-6-14)11-17(20)12-16-13-18(2)9-10-19(16)3/h5-8,16H,4,9-13H2,1-3H3. The molecule has 0 aromatic heterocycles. The molecular formula is C17H26N2O. The monoisotopic (exact) mass is 274 g/mol. The van der Waals surface area contributed by atoms with Gasteiger partial charge in [-0.15, -0.1) is 0 Å². The van der Waals surface area contributed by atoms with E-state index in [0.29, 0.717) is 24.7 Å². The lowest BCUT2D eigenvalue weighted by Gasteiger charge is -2.37. The zero-order valence-corrected chi connectivity index (χ0v) is 12.9. The smallest absolute Gasteiger partial charge is 0.138 e. The third-order valence-corrected chi connectivity index (χ3v) is 4.28. The van der Waals surface area contributed by atoms with Crippen LogP contribution in [0, 0.1) is 0 Å². The lowest BCUT2D eigenvalue weighted by Crippen LogP contribution is -2.50. The highest BCUT2D eigenvalue weighted by molar-refractivity contribution is 5.81. The minimum Gasteiger partial charge on any atom is -0.304 e. The van der Waals surface area contributed by atoms with Gasteiger partial charge in [-0.1, -0.05) is 31.2 Å². The molecule has 1 fully saturated rings. The maximum atomic E-state index is 12.2. The lowest BCUT2D eigenvalue weighted by atomic mass is 10.00. The third kappa shape index (κ3) is 4.15. The van der Waals surface area contributed by atoms with Gasteiger partial charge in [-0.05, 0) is 31.6 Å². The summed E-state index contributed by atoms with van der Waals surface area (Å²) in [6, 6.07) is 8.81. The maximum absolute atomic E-state index is 12.2. The quantitative estimate of drug-likeness (QED) is 0.820. The van der Waals surface area contributed by atoms with Crippen LogP contribution in [0.25, 0.3) is 0 Å². The van der Waals surface area contributed by atoms with Crippen LogP contribution in [0.4, 0.5) is 0 Å². The van der Waals surface area contributed by atoms with E-state index in [-0.39, 0.29) is 0 Å². The zero-order chi connectivity index (χ0) is 14.5. The minimum absolute atomic E-state index is 0.349. The van der Waals surface area contributed by atoms with Crippen molar-refractivity contribution in [1.29, 1.82) is 0 Å². The Hall–Kier alpha value is -1.19. The van der Waals surface area contributed by atoms with Crippen molar-refractivity contribution in [3.8, 4) is 0 Å². The van der Waals surface area contributed by atoms with Crippen molar-refractivity contribution < 1.29 is 4.79 Å². The van der Waals surface area contributed by atoms with E-state index in [2.05, 4.69) is 55.1 Å². The van der Waals surface area contributed by atoms with Gasteiger partial charge < -0.3 is 9.80 Å². The van der Waals surface area contributed by atoms with Crippen molar-refractivity contribution in [1.82, 2.24) is 9.80 Å². The first-order valence-corrected chi connectivity index (χ1v) is 7.56. The molecule has 1 saturated heterocycles. The number of piperazine rings is 1. The van der Waals surface area contributed by atoms with E-state index in [1.807, 2.05) is 0 Å². The van der Waals surface area contributed by atoms with Crippen LogP contribution < -0.4 is 0 Å². The molecule has 0 radical (unpaired) electrons. The lowest BCUT2D eigenvalue weighted by molar-refractivity contribution is -0.120. The van der Waals surface area contributed by atoms with E-state index in [4.69, 9.17) is 0 Å². The molecule has 1 aliphatic heterocycles. The molecule has 0 spiro atoms. The van der Waals surface area contributed by atoms with Crippen molar-refractivity contribution in [3.05, 3.63) is 35.4 Å². The van der Waals surface area contributed by atoms with Gasteiger partial charge in [-0.3, -0.25) is 4.79 Å². The maximum Gasteiger partial charge on any atom is 0.138 e. The average Bonchev–Trinajstić information content (AvgIpc) is 2.43. The van der Waals surface area contributed by atoms with E-state index < -0.39 is 0 Å². The second-order valence-electron chi connectivity index (χ2n) is 5.99.